The zero-order valence-electron chi connectivity index (χ0n) is 12.0. The molecule has 0 atom stereocenters. The molecule has 0 unspecified atom stereocenters. The predicted molar refractivity (Wildman–Crippen MR) is 81.2 cm³/mol. The molecule has 0 saturated heterocycles. The molecule has 0 aliphatic carbocycles. The zero-order chi connectivity index (χ0) is 14.8. The highest BCUT2D eigenvalue weighted by Crippen LogP contribution is 2.27. The van der Waals surface area contributed by atoms with Crippen molar-refractivity contribution >= 4 is 22.4 Å². The molecular weight excluding hydrogens is 300 g/mol. The molecule has 1 heterocycles. The summed E-state index contributed by atoms with van der Waals surface area (Å²) in [6.45, 7) is 0. The van der Waals surface area contributed by atoms with E-state index < -0.39 is 0 Å². The van der Waals surface area contributed by atoms with Gasteiger partial charge in [0.05, 0.1) is 0 Å². The van der Waals surface area contributed by atoms with E-state index >= 15 is 0 Å². The lowest BCUT2D eigenvalue weighted by Crippen LogP contribution is -3.00. The molecule has 0 aliphatic heterocycles. The fourth-order valence-electron chi connectivity index (χ4n) is 2.32. The van der Waals surface area contributed by atoms with Crippen LogP contribution in [0.4, 0.5) is 5.69 Å². The monoisotopic (exact) mass is 314 g/mol. The summed E-state index contributed by atoms with van der Waals surface area (Å²) in [5, 5.41) is 14.3. The summed E-state index contributed by atoms with van der Waals surface area (Å²) >= 11 is 0. The molecule has 2 aromatic carbocycles. The smallest absolute Gasteiger partial charge is 0.320 e. The summed E-state index contributed by atoms with van der Waals surface area (Å²) in [6.07, 6.45) is 1.82. The number of rotatable bonds is 2. The highest BCUT2D eigenvalue weighted by atomic mass is 35.5. The van der Waals surface area contributed by atoms with Crippen molar-refractivity contribution in [3.05, 3.63) is 66.5 Å². The van der Waals surface area contributed by atoms with Crippen LogP contribution in [-0.4, -0.2) is 11.0 Å². The van der Waals surface area contributed by atoms with E-state index in [1.807, 2.05) is 49.6 Å². The van der Waals surface area contributed by atoms with Gasteiger partial charge in [-0.05, 0) is 29.7 Å². The number of hydrogen-bond acceptors (Lipinski definition) is 2. The highest BCUT2D eigenvalue weighted by molar-refractivity contribution is 6.07. The number of nitrogens with zero attached hydrogens (tertiary/aromatic N) is 1. The van der Waals surface area contributed by atoms with Gasteiger partial charge in [-0.2, -0.15) is 4.57 Å². The Morgan fingerprint density at radius 1 is 1.09 bits per heavy atom. The molecule has 2 N–H and O–H groups in total. The van der Waals surface area contributed by atoms with Crippen molar-refractivity contribution in [2.24, 2.45) is 7.05 Å². The number of aromatic nitrogens is 1. The highest BCUT2D eigenvalue weighted by Gasteiger charge is 2.16. The Balaban J connectivity index is 0.00000176. The molecule has 0 spiro atoms. The summed E-state index contributed by atoms with van der Waals surface area (Å²) in [6, 6.07) is 16.2. The number of fused-ring (bicyclic) bond motifs is 1. The normalized spacial score (nSPS) is 10.0. The van der Waals surface area contributed by atoms with Gasteiger partial charge in [-0.1, -0.05) is 18.2 Å². The van der Waals surface area contributed by atoms with Gasteiger partial charge in [-0.15, -0.1) is 0 Å². The molecule has 0 aliphatic rings. The first-order valence-corrected chi connectivity index (χ1v) is 6.63. The van der Waals surface area contributed by atoms with E-state index in [0.717, 1.165) is 10.8 Å². The summed E-state index contributed by atoms with van der Waals surface area (Å²) < 4.78 is 1.76. The van der Waals surface area contributed by atoms with Crippen molar-refractivity contribution in [3.8, 4) is 5.75 Å². The number of benzene rings is 2. The number of phenols is 1. The van der Waals surface area contributed by atoms with E-state index in [2.05, 4.69) is 5.32 Å². The third-order valence-corrected chi connectivity index (χ3v) is 3.40. The number of nitrogens with one attached hydrogen (secondary N) is 1. The number of halogens is 1. The lowest BCUT2D eigenvalue weighted by atomic mass is 10.1. The Bertz CT molecular complexity index is 834. The van der Waals surface area contributed by atoms with E-state index in [0.29, 0.717) is 11.4 Å². The molecule has 0 radical (unpaired) electrons. The van der Waals surface area contributed by atoms with Gasteiger partial charge >= 0.3 is 5.91 Å². The number of anilines is 1. The van der Waals surface area contributed by atoms with Gasteiger partial charge in [0.15, 0.2) is 6.20 Å². The van der Waals surface area contributed by atoms with Crippen molar-refractivity contribution in [3.63, 3.8) is 0 Å². The van der Waals surface area contributed by atoms with E-state index in [9.17, 15) is 9.90 Å². The Hall–Kier alpha value is -2.59. The van der Waals surface area contributed by atoms with Gasteiger partial charge in [0.2, 0.25) is 0 Å². The van der Waals surface area contributed by atoms with Crippen molar-refractivity contribution in [2.75, 3.05) is 5.32 Å². The molecule has 0 saturated carbocycles. The number of hydrogen-bond donors (Lipinski definition) is 2. The molecule has 5 heteroatoms. The Kier molecular flexibility index (Phi) is 4.63. The van der Waals surface area contributed by atoms with Crippen LogP contribution in [0.5, 0.6) is 5.75 Å². The topological polar surface area (TPSA) is 53.2 Å². The largest absolute Gasteiger partial charge is 1.00 e. The number of pyridine rings is 1. The maximum atomic E-state index is 12.4. The maximum Gasteiger partial charge on any atom is 0.320 e. The first kappa shape index (κ1) is 15.8. The van der Waals surface area contributed by atoms with E-state index in [4.69, 9.17) is 0 Å². The number of phenolic OH excluding ortho intramolecular Hbond substituents is 1. The SMILES string of the molecule is C[n+]1ccccc1C(=O)Nc1cccc2ccc(O)cc12.[Cl-]. The third kappa shape index (κ3) is 3.02. The standard InChI is InChI=1S/C17H14N2O2.ClH/c1-19-10-3-2-7-16(19)17(21)18-15-6-4-5-12-8-9-13(20)11-14(12)15;/h2-11,21H,1H3;1H. The van der Waals surface area contributed by atoms with Gasteiger partial charge in [0, 0.05) is 23.2 Å². The molecule has 3 aromatic rings. The maximum absolute atomic E-state index is 12.4. The zero-order valence-corrected chi connectivity index (χ0v) is 12.7. The van der Waals surface area contributed by atoms with Crippen LogP contribution in [0.15, 0.2) is 60.8 Å². The second-order valence-electron chi connectivity index (χ2n) is 4.86. The second-order valence-corrected chi connectivity index (χ2v) is 4.86. The molecule has 0 fully saturated rings. The van der Waals surface area contributed by atoms with Crippen LogP contribution in [-0.2, 0) is 7.05 Å². The van der Waals surface area contributed by atoms with Gasteiger partial charge in [-0.25, -0.2) is 0 Å². The lowest BCUT2D eigenvalue weighted by molar-refractivity contribution is -0.673. The summed E-state index contributed by atoms with van der Waals surface area (Å²) in [7, 11) is 1.82. The number of carbonyl (C=O) groups is 1. The molecule has 4 nitrogen and oxygen atoms in total. The van der Waals surface area contributed by atoms with Crippen LogP contribution in [0.3, 0.4) is 0 Å². The molecule has 1 amide bonds. The Morgan fingerprint density at radius 2 is 1.91 bits per heavy atom. The number of aromatic hydroxyl groups is 1. The van der Waals surface area contributed by atoms with Crippen molar-refractivity contribution in [1.29, 1.82) is 0 Å². The fourth-order valence-corrected chi connectivity index (χ4v) is 2.32. The van der Waals surface area contributed by atoms with Crippen LogP contribution in [0, 0.1) is 0 Å². The average Bonchev–Trinajstić information content (AvgIpc) is 2.48. The van der Waals surface area contributed by atoms with Gasteiger partial charge < -0.3 is 22.8 Å². The lowest BCUT2D eigenvalue weighted by Gasteiger charge is -2.08. The van der Waals surface area contributed by atoms with Crippen LogP contribution >= 0.6 is 0 Å². The molecule has 0 bridgehead atoms. The Morgan fingerprint density at radius 3 is 2.68 bits per heavy atom. The number of carbonyl (C=O) groups excluding carboxylic acids is 1. The van der Waals surface area contributed by atoms with Crippen molar-refractivity contribution in [1.82, 2.24) is 0 Å². The molecule has 3 rings (SSSR count). The van der Waals surface area contributed by atoms with E-state index in [1.54, 1.807) is 22.8 Å². The average molecular weight is 315 g/mol. The molecule has 22 heavy (non-hydrogen) atoms. The van der Waals surface area contributed by atoms with E-state index in [-0.39, 0.29) is 24.1 Å². The minimum Gasteiger partial charge on any atom is -1.00 e. The predicted octanol–water partition coefficient (Wildman–Crippen LogP) is -0.374. The van der Waals surface area contributed by atoms with Crippen LogP contribution < -0.4 is 22.3 Å². The molecular formula is C17H15ClN2O2. The fraction of sp³-hybridized carbons (Fsp3) is 0.0588. The minimum absolute atomic E-state index is 0. The first-order valence-electron chi connectivity index (χ1n) is 6.63. The van der Waals surface area contributed by atoms with E-state index in [1.165, 1.54) is 0 Å². The summed E-state index contributed by atoms with van der Waals surface area (Å²) in [5.41, 5.74) is 1.24. The second kappa shape index (κ2) is 6.45. The molecule has 1 aromatic heterocycles. The van der Waals surface area contributed by atoms with Crippen LogP contribution in [0.1, 0.15) is 10.5 Å². The first-order chi connectivity index (χ1) is 10.1. The number of amides is 1. The van der Waals surface area contributed by atoms with Crippen LogP contribution in [0.2, 0.25) is 0 Å². The summed E-state index contributed by atoms with van der Waals surface area (Å²) in [4.78, 5) is 12.4. The Labute approximate surface area is 134 Å². The van der Waals surface area contributed by atoms with Crippen molar-refractivity contribution in [2.45, 2.75) is 0 Å². The molecule has 112 valence electrons. The van der Waals surface area contributed by atoms with Crippen LogP contribution in [0.25, 0.3) is 10.8 Å². The van der Waals surface area contributed by atoms with Gasteiger partial charge in [0.25, 0.3) is 5.69 Å². The van der Waals surface area contributed by atoms with Crippen molar-refractivity contribution < 1.29 is 26.9 Å². The van der Waals surface area contributed by atoms with Gasteiger partial charge in [-0.3, -0.25) is 4.79 Å². The van der Waals surface area contributed by atoms with Gasteiger partial charge in [0.1, 0.15) is 12.8 Å². The minimum atomic E-state index is -0.186. The quantitative estimate of drug-likeness (QED) is 0.634. The number of aryl methyl sites for hydroxylation is 1. The summed E-state index contributed by atoms with van der Waals surface area (Å²) in [5.74, 6) is -0.0107. The third-order valence-electron chi connectivity index (χ3n) is 3.40.